The van der Waals surface area contributed by atoms with E-state index in [0.717, 1.165) is 13.2 Å². The Morgan fingerprint density at radius 3 is 2.42 bits per heavy atom. The van der Waals surface area contributed by atoms with E-state index in [-0.39, 0.29) is 17.9 Å². The molecule has 0 amide bonds. The van der Waals surface area contributed by atoms with Gasteiger partial charge in [0.25, 0.3) is 10.2 Å². The summed E-state index contributed by atoms with van der Waals surface area (Å²) in [5.74, 6) is -3.88. The summed E-state index contributed by atoms with van der Waals surface area (Å²) in [5.41, 5.74) is -2.36. The monoisotopic (exact) mass is 601 g/mol. The van der Waals surface area contributed by atoms with Gasteiger partial charge >= 0.3 is 0 Å². The number of aliphatic hydroxyl groups excluding tert-OH is 2. The van der Waals surface area contributed by atoms with Gasteiger partial charge in [0.05, 0.1) is 25.5 Å². The predicted octanol–water partition coefficient (Wildman–Crippen LogP) is 3.37. The van der Waals surface area contributed by atoms with Gasteiger partial charge in [-0.1, -0.05) is 0 Å². The van der Waals surface area contributed by atoms with Crippen molar-refractivity contribution in [2.24, 2.45) is 0 Å². The van der Waals surface area contributed by atoms with Crippen LogP contribution in [0.1, 0.15) is 25.7 Å². The molecule has 13 heteroatoms. The Labute approximate surface area is 202 Å². The lowest BCUT2D eigenvalue weighted by Crippen LogP contribution is -2.56. The molecule has 0 aromatic heterocycles. The summed E-state index contributed by atoms with van der Waals surface area (Å²) in [6, 6.07) is 4.65. The van der Waals surface area contributed by atoms with Crippen LogP contribution in [0.4, 0.5) is 30.2 Å². The SMILES string of the molecule is COc1cc(F)c(F)c(Nc2ccc(I)cc2F)c1NS(=O)(=O)NC1(CC(O)CO)CCC1. The van der Waals surface area contributed by atoms with Crippen LogP contribution in [0.5, 0.6) is 5.75 Å². The van der Waals surface area contributed by atoms with Crippen molar-refractivity contribution in [3.8, 4) is 5.75 Å². The maximum absolute atomic E-state index is 14.8. The van der Waals surface area contributed by atoms with Crippen molar-refractivity contribution in [2.75, 3.05) is 23.8 Å². The number of hydrogen-bond acceptors (Lipinski definition) is 6. The van der Waals surface area contributed by atoms with E-state index in [1.807, 2.05) is 22.6 Å². The Kier molecular flexibility index (Phi) is 7.99. The fraction of sp³-hybridized carbons (Fsp3) is 0.400. The van der Waals surface area contributed by atoms with Gasteiger partial charge < -0.3 is 20.3 Å². The van der Waals surface area contributed by atoms with Gasteiger partial charge in [0.1, 0.15) is 22.9 Å². The molecule has 8 nitrogen and oxygen atoms in total. The molecule has 3 rings (SSSR count). The highest BCUT2D eigenvalue weighted by Gasteiger charge is 2.42. The molecule has 0 aliphatic heterocycles. The zero-order valence-corrected chi connectivity index (χ0v) is 20.4. The van der Waals surface area contributed by atoms with E-state index in [4.69, 9.17) is 9.84 Å². The number of hydrogen-bond donors (Lipinski definition) is 5. The van der Waals surface area contributed by atoms with Crippen molar-refractivity contribution in [1.29, 1.82) is 0 Å². The third-order valence-electron chi connectivity index (χ3n) is 5.33. The predicted molar refractivity (Wildman–Crippen MR) is 125 cm³/mol. The molecular formula is C20H23F3IN3O5S. The summed E-state index contributed by atoms with van der Waals surface area (Å²) in [6.07, 6.45) is 0.372. The van der Waals surface area contributed by atoms with E-state index in [9.17, 15) is 26.7 Å². The number of rotatable bonds is 10. The van der Waals surface area contributed by atoms with Gasteiger partial charge in [-0.3, -0.25) is 4.72 Å². The van der Waals surface area contributed by atoms with Gasteiger partial charge in [0.15, 0.2) is 11.6 Å². The van der Waals surface area contributed by atoms with Gasteiger partial charge in [-0.15, -0.1) is 0 Å². The molecule has 1 unspecified atom stereocenters. The van der Waals surface area contributed by atoms with E-state index < -0.39 is 57.3 Å². The Morgan fingerprint density at radius 1 is 1.18 bits per heavy atom. The van der Waals surface area contributed by atoms with Crippen molar-refractivity contribution in [2.45, 2.75) is 37.3 Å². The van der Waals surface area contributed by atoms with E-state index in [2.05, 4.69) is 14.8 Å². The molecule has 2 aromatic carbocycles. The largest absolute Gasteiger partial charge is 0.494 e. The summed E-state index contributed by atoms with van der Waals surface area (Å²) in [5, 5.41) is 21.3. The van der Waals surface area contributed by atoms with Crippen molar-refractivity contribution in [3.63, 3.8) is 0 Å². The van der Waals surface area contributed by atoms with Gasteiger partial charge in [0.2, 0.25) is 0 Å². The summed E-state index contributed by atoms with van der Waals surface area (Å²) in [7, 11) is -3.26. The molecule has 1 aliphatic carbocycles. The first kappa shape index (κ1) is 25.8. The summed E-state index contributed by atoms with van der Waals surface area (Å²) >= 11 is 1.88. The first-order valence-electron chi connectivity index (χ1n) is 9.88. The van der Waals surface area contributed by atoms with Crippen molar-refractivity contribution in [3.05, 3.63) is 45.3 Å². The Morgan fingerprint density at radius 2 is 1.88 bits per heavy atom. The molecule has 0 heterocycles. The molecule has 0 spiro atoms. The van der Waals surface area contributed by atoms with Crippen molar-refractivity contribution < 1.29 is 36.5 Å². The quantitative estimate of drug-likeness (QED) is 0.267. The van der Waals surface area contributed by atoms with Crippen LogP contribution in [0.15, 0.2) is 24.3 Å². The average Bonchev–Trinajstić information content (AvgIpc) is 2.72. The highest BCUT2D eigenvalue weighted by molar-refractivity contribution is 14.1. The molecule has 1 saturated carbocycles. The van der Waals surface area contributed by atoms with E-state index in [0.29, 0.717) is 28.9 Å². The number of nitrogens with one attached hydrogen (secondary N) is 3. The summed E-state index contributed by atoms with van der Waals surface area (Å²) in [4.78, 5) is 0. The third-order valence-corrected chi connectivity index (χ3v) is 7.17. The Bertz CT molecular complexity index is 1130. The summed E-state index contributed by atoms with van der Waals surface area (Å²) in [6.45, 7) is -0.538. The number of halogens is 4. The molecule has 0 bridgehead atoms. The molecule has 1 aliphatic rings. The fourth-order valence-corrected chi connectivity index (χ4v) is 5.45. The van der Waals surface area contributed by atoms with E-state index >= 15 is 0 Å². The lowest BCUT2D eigenvalue weighted by molar-refractivity contribution is 0.0446. The van der Waals surface area contributed by atoms with Gasteiger partial charge in [-0.05, 0) is 66.5 Å². The fourth-order valence-electron chi connectivity index (χ4n) is 3.62. The molecular weight excluding hydrogens is 578 g/mol. The maximum atomic E-state index is 14.8. The second-order valence-corrected chi connectivity index (χ2v) is 10.4. The number of ether oxygens (including phenoxy) is 1. The molecule has 182 valence electrons. The molecule has 5 N–H and O–H groups in total. The second-order valence-electron chi connectivity index (χ2n) is 7.76. The Balaban J connectivity index is 1.98. The topological polar surface area (TPSA) is 120 Å². The van der Waals surface area contributed by atoms with Gasteiger partial charge in [-0.25, -0.2) is 13.2 Å². The van der Waals surface area contributed by atoms with Crippen LogP contribution in [-0.2, 0) is 10.2 Å². The van der Waals surface area contributed by atoms with Crippen LogP contribution < -0.4 is 19.5 Å². The number of aliphatic hydroxyl groups is 2. The first-order valence-corrected chi connectivity index (χ1v) is 12.4. The lowest BCUT2D eigenvalue weighted by atomic mass is 9.74. The van der Waals surface area contributed by atoms with Crippen LogP contribution in [0, 0.1) is 21.0 Å². The third kappa shape index (κ3) is 6.01. The Hall–Kier alpha value is -1.81. The van der Waals surface area contributed by atoms with Crippen LogP contribution in [-0.4, -0.2) is 44.0 Å². The molecule has 0 saturated heterocycles. The average molecular weight is 601 g/mol. The normalized spacial score (nSPS) is 16.1. The smallest absolute Gasteiger partial charge is 0.299 e. The minimum Gasteiger partial charge on any atom is -0.494 e. The first-order chi connectivity index (χ1) is 15.5. The van der Waals surface area contributed by atoms with Gasteiger partial charge in [0, 0.05) is 15.2 Å². The molecule has 33 heavy (non-hydrogen) atoms. The van der Waals surface area contributed by atoms with Crippen LogP contribution in [0.3, 0.4) is 0 Å². The van der Waals surface area contributed by atoms with Gasteiger partial charge in [-0.2, -0.15) is 13.1 Å². The molecule has 1 fully saturated rings. The minimum atomic E-state index is -4.40. The molecule has 2 aromatic rings. The minimum absolute atomic E-state index is 0.0295. The van der Waals surface area contributed by atoms with Crippen LogP contribution in [0.25, 0.3) is 0 Å². The highest BCUT2D eigenvalue weighted by Crippen LogP contribution is 2.41. The molecule has 1 atom stereocenters. The number of methoxy groups -OCH3 is 1. The zero-order chi connectivity index (χ0) is 24.4. The number of anilines is 3. The van der Waals surface area contributed by atoms with Crippen molar-refractivity contribution >= 4 is 49.9 Å². The standard InChI is InChI=1S/C20H23F3IN3O5S/c1-32-16-8-14(22)17(23)19(25-15-4-3-11(24)7-13(15)21)18(16)26-33(30,31)27-20(5-2-6-20)9-12(29)10-28/h3-4,7-8,12,25-29H,2,5-6,9-10H2,1H3. The highest BCUT2D eigenvalue weighted by atomic mass is 127. The second kappa shape index (κ2) is 10.2. The zero-order valence-electron chi connectivity index (χ0n) is 17.5. The summed E-state index contributed by atoms with van der Waals surface area (Å²) < 4.78 is 79.3. The van der Waals surface area contributed by atoms with Crippen molar-refractivity contribution in [1.82, 2.24) is 4.72 Å². The molecule has 0 radical (unpaired) electrons. The number of benzene rings is 2. The van der Waals surface area contributed by atoms with E-state index in [1.54, 1.807) is 0 Å². The maximum Gasteiger partial charge on any atom is 0.299 e. The van der Waals surface area contributed by atoms with Crippen LogP contribution in [0.2, 0.25) is 0 Å². The van der Waals surface area contributed by atoms with E-state index in [1.165, 1.54) is 12.1 Å². The lowest BCUT2D eigenvalue weighted by Gasteiger charge is -2.43. The van der Waals surface area contributed by atoms with Crippen LogP contribution >= 0.6 is 22.6 Å².